The van der Waals surface area contributed by atoms with Crippen LogP contribution in [0.15, 0.2) is 35.7 Å². The van der Waals surface area contributed by atoms with Crippen molar-refractivity contribution < 1.29 is 13.2 Å². The van der Waals surface area contributed by atoms with Gasteiger partial charge in [-0.15, -0.1) is 11.3 Å². The molecule has 1 amide bonds. The summed E-state index contributed by atoms with van der Waals surface area (Å²) in [6.45, 7) is 2.44. The maximum Gasteiger partial charge on any atom is 0.254 e. The standard InChI is InChI=1S/C17H18ClNO3S2/c1-12-6-8-23-16(12)10-19(15-7-9-24(21,22)11-15)17(20)13-2-4-14(18)5-3-13/h2-6,8,15H,7,9-11H2,1H3. The minimum Gasteiger partial charge on any atom is -0.329 e. The van der Waals surface area contributed by atoms with Gasteiger partial charge in [0.05, 0.1) is 18.1 Å². The summed E-state index contributed by atoms with van der Waals surface area (Å²) in [5.74, 6) is 0.0315. The summed E-state index contributed by atoms with van der Waals surface area (Å²) < 4.78 is 23.7. The molecule has 7 heteroatoms. The average Bonchev–Trinajstić information content (AvgIpc) is 3.10. The molecule has 1 aromatic carbocycles. The topological polar surface area (TPSA) is 54.5 Å². The molecule has 1 aromatic heterocycles. The van der Waals surface area contributed by atoms with E-state index in [1.54, 1.807) is 40.5 Å². The van der Waals surface area contributed by atoms with Crippen LogP contribution in [-0.2, 0) is 16.4 Å². The first kappa shape index (κ1) is 17.5. The fourth-order valence-corrected chi connectivity index (χ4v) is 5.63. The minimum absolute atomic E-state index is 0.0384. The van der Waals surface area contributed by atoms with Crippen LogP contribution in [0.3, 0.4) is 0 Å². The molecule has 0 saturated carbocycles. The zero-order valence-corrected chi connectivity index (χ0v) is 15.6. The van der Waals surface area contributed by atoms with Gasteiger partial charge >= 0.3 is 0 Å². The van der Waals surface area contributed by atoms with Crippen LogP contribution in [0.1, 0.15) is 27.2 Å². The summed E-state index contributed by atoms with van der Waals surface area (Å²) in [6.07, 6.45) is 0.492. The second kappa shape index (κ2) is 6.86. The van der Waals surface area contributed by atoms with E-state index in [4.69, 9.17) is 11.6 Å². The molecule has 0 aliphatic carbocycles. The molecule has 0 radical (unpaired) electrons. The normalized spacial score (nSPS) is 19.3. The van der Waals surface area contributed by atoms with Gasteiger partial charge in [-0.3, -0.25) is 4.79 Å². The quantitative estimate of drug-likeness (QED) is 0.811. The van der Waals surface area contributed by atoms with Gasteiger partial charge in [0.25, 0.3) is 5.91 Å². The van der Waals surface area contributed by atoms with E-state index in [1.807, 2.05) is 18.4 Å². The highest BCUT2D eigenvalue weighted by Gasteiger charge is 2.35. The number of nitrogens with zero attached hydrogens (tertiary/aromatic N) is 1. The Hall–Kier alpha value is -1.37. The lowest BCUT2D eigenvalue weighted by molar-refractivity contribution is 0.0683. The Morgan fingerprint density at radius 1 is 1.29 bits per heavy atom. The molecule has 1 saturated heterocycles. The van der Waals surface area contributed by atoms with Gasteiger partial charge < -0.3 is 4.90 Å². The molecule has 0 N–H and O–H groups in total. The van der Waals surface area contributed by atoms with E-state index in [0.717, 1.165) is 10.4 Å². The third kappa shape index (κ3) is 3.82. The monoisotopic (exact) mass is 383 g/mol. The van der Waals surface area contributed by atoms with Gasteiger partial charge in [0.1, 0.15) is 0 Å². The number of aryl methyl sites for hydroxylation is 1. The lowest BCUT2D eigenvalue weighted by Crippen LogP contribution is -2.40. The number of sulfone groups is 1. The molecule has 3 rings (SSSR count). The average molecular weight is 384 g/mol. The van der Waals surface area contributed by atoms with E-state index in [9.17, 15) is 13.2 Å². The van der Waals surface area contributed by atoms with Crippen LogP contribution < -0.4 is 0 Å². The van der Waals surface area contributed by atoms with E-state index in [-0.39, 0.29) is 23.5 Å². The predicted molar refractivity (Wildman–Crippen MR) is 97.4 cm³/mol. The first-order chi connectivity index (χ1) is 11.4. The van der Waals surface area contributed by atoms with Gasteiger partial charge in [0.2, 0.25) is 0 Å². The van der Waals surface area contributed by atoms with Crippen molar-refractivity contribution >= 4 is 38.7 Å². The second-order valence-electron chi connectivity index (χ2n) is 6.02. The first-order valence-corrected chi connectivity index (χ1v) is 10.7. The molecule has 1 aliphatic rings. The van der Waals surface area contributed by atoms with E-state index < -0.39 is 9.84 Å². The van der Waals surface area contributed by atoms with Crippen LogP contribution in [0.4, 0.5) is 0 Å². The van der Waals surface area contributed by atoms with Gasteiger partial charge in [-0.05, 0) is 54.6 Å². The molecule has 2 heterocycles. The molecule has 1 atom stereocenters. The van der Waals surface area contributed by atoms with Gasteiger partial charge in [-0.25, -0.2) is 8.42 Å². The van der Waals surface area contributed by atoms with Crippen LogP contribution >= 0.6 is 22.9 Å². The van der Waals surface area contributed by atoms with Crippen LogP contribution in [0.5, 0.6) is 0 Å². The molecule has 0 bridgehead atoms. The maximum absolute atomic E-state index is 13.0. The molecule has 128 valence electrons. The number of halogens is 1. The Balaban J connectivity index is 1.90. The van der Waals surface area contributed by atoms with E-state index in [1.165, 1.54) is 0 Å². The van der Waals surface area contributed by atoms with Crippen molar-refractivity contribution in [1.29, 1.82) is 0 Å². The largest absolute Gasteiger partial charge is 0.329 e. The second-order valence-corrected chi connectivity index (χ2v) is 9.69. The van der Waals surface area contributed by atoms with E-state index in [2.05, 4.69) is 0 Å². The maximum atomic E-state index is 13.0. The Labute approximate surface area is 151 Å². The number of benzene rings is 1. The molecule has 0 spiro atoms. The highest BCUT2D eigenvalue weighted by atomic mass is 35.5. The van der Waals surface area contributed by atoms with E-state index in [0.29, 0.717) is 23.6 Å². The number of hydrogen-bond donors (Lipinski definition) is 0. The SMILES string of the molecule is Cc1ccsc1CN(C(=O)c1ccc(Cl)cc1)C1CCS(=O)(=O)C1. The highest BCUT2D eigenvalue weighted by molar-refractivity contribution is 7.91. The van der Waals surface area contributed by atoms with E-state index >= 15 is 0 Å². The van der Waals surface area contributed by atoms with Crippen molar-refractivity contribution in [3.05, 3.63) is 56.7 Å². The fourth-order valence-electron chi connectivity index (χ4n) is 2.87. The van der Waals surface area contributed by atoms with Crippen LogP contribution in [-0.4, -0.2) is 36.8 Å². The molecule has 2 aromatic rings. The summed E-state index contributed by atoms with van der Waals surface area (Å²) in [5.41, 5.74) is 1.65. The number of hydrogen-bond acceptors (Lipinski definition) is 4. The minimum atomic E-state index is -3.06. The Morgan fingerprint density at radius 2 is 2.00 bits per heavy atom. The Kier molecular flexibility index (Phi) is 4.99. The Bertz CT molecular complexity index is 843. The summed E-state index contributed by atoms with van der Waals surface area (Å²) >= 11 is 7.48. The van der Waals surface area contributed by atoms with Gasteiger partial charge in [0, 0.05) is 21.5 Å². The lowest BCUT2D eigenvalue weighted by atomic mass is 10.1. The summed E-state index contributed by atoms with van der Waals surface area (Å²) in [5, 5.41) is 2.55. The van der Waals surface area contributed by atoms with Crippen molar-refractivity contribution in [2.75, 3.05) is 11.5 Å². The van der Waals surface area contributed by atoms with Crippen molar-refractivity contribution in [3.8, 4) is 0 Å². The lowest BCUT2D eigenvalue weighted by Gasteiger charge is -2.28. The summed E-state index contributed by atoms with van der Waals surface area (Å²) in [4.78, 5) is 15.8. The third-order valence-corrected chi connectivity index (χ3v) is 7.29. The zero-order chi connectivity index (χ0) is 17.3. The molecular formula is C17H18ClNO3S2. The van der Waals surface area contributed by atoms with Crippen molar-refractivity contribution in [3.63, 3.8) is 0 Å². The van der Waals surface area contributed by atoms with Crippen molar-refractivity contribution in [2.45, 2.75) is 25.9 Å². The first-order valence-electron chi connectivity index (χ1n) is 7.66. The number of carbonyl (C=O) groups is 1. The molecular weight excluding hydrogens is 366 g/mol. The summed E-state index contributed by atoms with van der Waals surface area (Å²) in [6, 6.07) is 8.45. The molecule has 4 nitrogen and oxygen atoms in total. The van der Waals surface area contributed by atoms with Crippen molar-refractivity contribution in [1.82, 2.24) is 4.90 Å². The Morgan fingerprint density at radius 3 is 2.54 bits per heavy atom. The van der Waals surface area contributed by atoms with Crippen LogP contribution in [0.2, 0.25) is 5.02 Å². The molecule has 1 fully saturated rings. The fraction of sp³-hybridized carbons (Fsp3) is 0.353. The zero-order valence-electron chi connectivity index (χ0n) is 13.2. The highest BCUT2D eigenvalue weighted by Crippen LogP contribution is 2.26. The molecule has 24 heavy (non-hydrogen) atoms. The number of carbonyl (C=O) groups excluding carboxylic acids is 1. The number of amides is 1. The van der Waals surface area contributed by atoms with Gasteiger partial charge in [-0.1, -0.05) is 11.6 Å². The van der Waals surface area contributed by atoms with Crippen LogP contribution in [0.25, 0.3) is 0 Å². The number of thiophene rings is 1. The smallest absolute Gasteiger partial charge is 0.254 e. The van der Waals surface area contributed by atoms with Gasteiger partial charge in [0.15, 0.2) is 9.84 Å². The number of rotatable bonds is 4. The van der Waals surface area contributed by atoms with Crippen molar-refractivity contribution in [2.24, 2.45) is 0 Å². The summed E-state index contributed by atoms with van der Waals surface area (Å²) in [7, 11) is -3.06. The third-order valence-electron chi connectivity index (χ3n) is 4.28. The molecule has 1 aliphatic heterocycles. The van der Waals surface area contributed by atoms with Gasteiger partial charge in [-0.2, -0.15) is 0 Å². The predicted octanol–water partition coefficient (Wildman–Crippen LogP) is 3.54. The van der Waals surface area contributed by atoms with Crippen LogP contribution in [0, 0.1) is 6.92 Å². The molecule has 1 unspecified atom stereocenters.